The molecule has 0 saturated heterocycles. The molecule has 7 rings (SSSR count). The van der Waals surface area contributed by atoms with Gasteiger partial charge < -0.3 is 0 Å². The largest absolute Gasteiger partial charge is 0.245 e. The third-order valence-electron chi connectivity index (χ3n) is 6.44. The van der Waals surface area contributed by atoms with E-state index in [0.717, 1.165) is 27.4 Å². The van der Waals surface area contributed by atoms with E-state index in [9.17, 15) is 0 Å². The van der Waals surface area contributed by atoms with Gasteiger partial charge in [0.05, 0.1) is 0 Å². The summed E-state index contributed by atoms with van der Waals surface area (Å²) >= 11 is 7.18. The topological polar surface area (TPSA) is 24.7 Å². The average molecular weight is 551 g/mol. The van der Waals surface area contributed by atoms with Crippen LogP contribution in [0.4, 0.5) is 10.0 Å². The lowest BCUT2D eigenvalue weighted by atomic mass is 10.1. The minimum absolute atomic E-state index is 0.752. The van der Waals surface area contributed by atoms with Crippen LogP contribution in [0.5, 0.6) is 0 Å². The minimum Gasteiger partial charge on any atom is -0.245 e. The van der Waals surface area contributed by atoms with Gasteiger partial charge in [-0.3, -0.25) is 0 Å². The Bertz CT molecular complexity index is 1670. The van der Waals surface area contributed by atoms with E-state index < -0.39 is 0 Å². The Labute approximate surface area is 232 Å². The lowest BCUT2D eigenvalue weighted by Crippen LogP contribution is -1.87. The van der Waals surface area contributed by atoms with Gasteiger partial charge in [-0.2, -0.15) is 0 Å². The molecule has 0 bridgehead atoms. The van der Waals surface area contributed by atoms with Crippen LogP contribution in [0.2, 0.25) is 0 Å². The van der Waals surface area contributed by atoms with Crippen molar-refractivity contribution in [3.8, 4) is 29.3 Å². The first-order chi connectivity index (χ1) is 18.3. The highest BCUT2D eigenvalue weighted by molar-refractivity contribution is 7.29. The molecule has 0 amide bonds. The number of thiophene rings is 4. The Morgan fingerprint density at radius 3 is 1.70 bits per heavy atom. The molecule has 4 heterocycles. The van der Waals surface area contributed by atoms with E-state index in [1.165, 1.54) is 41.3 Å². The van der Waals surface area contributed by atoms with Crippen LogP contribution >= 0.6 is 45.3 Å². The summed E-state index contributed by atoms with van der Waals surface area (Å²) in [4.78, 5) is 17.1. The molecule has 0 radical (unpaired) electrons. The van der Waals surface area contributed by atoms with Crippen molar-refractivity contribution in [2.45, 2.75) is 6.42 Å². The first kappa shape index (κ1) is 23.0. The van der Waals surface area contributed by atoms with Crippen LogP contribution in [-0.2, 0) is 0 Å². The van der Waals surface area contributed by atoms with Crippen molar-refractivity contribution < 1.29 is 0 Å². The Kier molecular flexibility index (Phi) is 6.18. The molecule has 1 fully saturated rings. The van der Waals surface area contributed by atoms with Crippen LogP contribution in [0.15, 0.2) is 113 Å². The number of benzene rings is 1. The number of aliphatic imine (C=N–C) groups is 2. The first-order valence-electron chi connectivity index (χ1n) is 12.2. The normalized spacial score (nSPS) is 18.5. The molecule has 0 aliphatic heterocycles. The molecule has 2 aliphatic carbocycles. The van der Waals surface area contributed by atoms with Gasteiger partial charge in [0, 0.05) is 41.7 Å². The third kappa shape index (κ3) is 5.15. The minimum atomic E-state index is 0.752. The summed E-state index contributed by atoms with van der Waals surface area (Å²) in [5.41, 5.74) is 2.35. The fraction of sp³-hybridized carbons (Fsp3) is 0.0968. The van der Waals surface area contributed by atoms with Crippen molar-refractivity contribution in [2.75, 3.05) is 0 Å². The molecule has 0 spiro atoms. The van der Waals surface area contributed by atoms with Crippen molar-refractivity contribution >= 4 is 67.8 Å². The van der Waals surface area contributed by atoms with Gasteiger partial charge in [0.2, 0.25) is 0 Å². The van der Waals surface area contributed by atoms with E-state index >= 15 is 0 Å². The van der Waals surface area contributed by atoms with Gasteiger partial charge in [-0.25, -0.2) is 9.98 Å². The number of hydrogen-bond acceptors (Lipinski definition) is 6. The molecule has 6 heteroatoms. The summed E-state index contributed by atoms with van der Waals surface area (Å²) in [5, 5.41) is 2.08. The van der Waals surface area contributed by atoms with Gasteiger partial charge >= 0.3 is 0 Å². The monoisotopic (exact) mass is 550 g/mol. The van der Waals surface area contributed by atoms with Gasteiger partial charge in [-0.1, -0.05) is 48.6 Å². The molecule has 2 unspecified atom stereocenters. The summed E-state index contributed by atoms with van der Waals surface area (Å²) in [6.45, 7) is 0. The zero-order valence-electron chi connectivity index (χ0n) is 19.8. The molecule has 1 saturated carbocycles. The molecule has 2 atom stereocenters. The second-order valence-corrected chi connectivity index (χ2v) is 13.4. The Balaban J connectivity index is 1.04. The molecule has 180 valence electrons. The summed E-state index contributed by atoms with van der Waals surface area (Å²) in [6.07, 6.45) is 12.1. The summed E-state index contributed by atoms with van der Waals surface area (Å²) in [5.74, 6) is 1.54. The van der Waals surface area contributed by atoms with E-state index in [4.69, 9.17) is 4.99 Å². The van der Waals surface area contributed by atoms with Gasteiger partial charge in [0.25, 0.3) is 0 Å². The van der Waals surface area contributed by atoms with E-state index in [0.29, 0.717) is 0 Å². The lowest BCUT2D eigenvalue weighted by Gasteiger charge is -1.98. The fourth-order valence-electron chi connectivity index (χ4n) is 4.35. The van der Waals surface area contributed by atoms with E-state index in [-0.39, 0.29) is 0 Å². The smallest absolute Gasteiger partial charge is 0.116 e. The molecule has 0 N–H and O–H groups in total. The Morgan fingerprint density at radius 2 is 1.11 bits per heavy atom. The number of rotatable bonds is 7. The van der Waals surface area contributed by atoms with Crippen molar-refractivity contribution in [1.29, 1.82) is 0 Å². The van der Waals surface area contributed by atoms with Crippen LogP contribution in [0.1, 0.15) is 12.0 Å². The molecular weight excluding hydrogens is 529 g/mol. The predicted molar refractivity (Wildman–Crippen MR) is 165 cm³/mol. The second kappa shape index (κ2) is 9.95. The molecule has 2 aliphatic rings. The van der Waals surface area contributed by atoms with Crippen molar-refractivity contribution in [2.24, 2.45) is 21.8 Å². The average Bonchev–Trinajstić information content (AvgIpc) is 3.48. The van der Waals surface area contributed by atoms with Crippen molar-refractivity contribution in [1.82, 2.24) is 0 Å². The Hall–Kier alpha value is -3.16. The zero-order chi connectivity index (χ0) is 24.6. The summed E-state index contributed by atoms with van der Waals surface area (Å²) in [7, 11) is 0. The number of fused-ring (bicyclic) bond motifs is 1. The van der Waals surface area contributed by atoms with Crippen LogP contribution < -0.4 is 0 Å². The predicted octanol–water partition coefficient (Wildman–Crippen LogP) is 10.5. The maximum absolute atomic E-state index is 4.74. The van der Waals surface area contributed by atoms with E-state index in [2.05, 4.69) is 83.9 Å². The van der Waals surface area contributed by atoms with Crippen LogP contribution in [0.3, 0.4) is 0 Å². The lowest BCUT2D eigenvalue weighted by molar-refractivity contribution is 0.975. The number of hydrogen-bond donors (Lipinski definition) is 0. The van der Waals surface area contributed by atoms with Crippen molar-refractivity contribution in [3.05, 3.63) is 108 Å². The molecule has 2 nitrogen and oxygen atoms in total. The highest BCUT2D eigenvalue weighted by atomic mass is 32.1. The van der Waals surface area contributed by atoms with Gasteiger partial charge in [0.1, 0.15) is 10.0 Å². The van der Waals surface area contributed by atoms with Gasteiger partial charge in [-0.05, 0) is 77.9 Å². The maximum atomic E-state index is 4.74. The first-order valence-corrected chi connectivity index (χ1v) is 15.5. The summed E-state index contributed by atoms with van der Waals surface area (Å²) < 4.78 is 0. The number of nitrogens with zero attached hydrogens (tertiary/aromatic N) is 2. The SMILES string of the molecule is C1=CC2CC2C=C1/C=N/c1ccc(-c2ccc(-c3ccc(-c4ccc(/N=C/c5ccccc5)s4)s3)s2)s1. The fourth-order valence-corrected chi connectivity index (χ4v) is 8.34. The summed E-state index contributed by atoms with van der Waals surface area (Å²) in [6, 6.07) is 27.8. The van der Waals surface area contributed by atoms with Gasteiger partial charge in [0.15, 0.2) is 0 Å². The Morgan fingerprint density at radius 1 is 0.568 bits per heavy atom. The standard InChI is InChI=1S/C31H22N2S4/c1-2-4-20(5-3-1)18-32-30-14-12-28(36-30)26-10-8-24(34-26)25-9-11-27(35-25)29-13-15-31(37-29)33-19-21-6-7-22-17-23(22)16-21/h1-16,18-19,22-23H,17H2/b32-18+,33-19+. The molecule has 5 aromatic rings. The van der Waals surface area contributed by atoms with Crippen LogP contribution in [0.25, 0.3) is 29.3 Å². The van der Waals surface area contributed by atoms with Gasteiger partial charge in [-0.15, -0.1) is 45.3 Å². The highest BCUT2D eigenvalue weighted by Crippen LogP contribution is 2.45. The molecule has 1 aromatic carbocycles. The van der Waals surface area contributed by atoms with Crippen LogP contribution in [0, 0.1) is 11.8 Å². The molecular formula is C31H22N2S4. The van der Waals surface area contributed by atoms with Crippen LogP contribution in [-0.4, -0.2) is 12.4 Å². The van der Waals surface area contributed by atoms with Crippen molar-refractivity contribution in [3.63, 3.8) is 0 Å². The third-order valence-corrected chi connectivity index (χ3v) is 11.2. The molecule has 37 heavy (non-hydrogen) atoms. The highest BCUT2D eigenvalue weighted by Gasteiger charge is 2.34. The quantitative estimate of drug-likeness (QED) is 0.180. The van der Waals surface area contributed by atoms with E-state index in [1.54, 1.807) is 22.7 Å². The number of allylic oxidation sites excluding steroid dienone is 4. The molecule has 4 aromatic heterocycles. The van der Waals surface area contributed by atoms with E-state index in [1.807, 2.05) is 53.3 Å². The maximum Gasteiger partial charge on any atom is 0.116 e. The second-order valence-electron chi connectivity index (χ2n) is 9.12. The zero-order valence-corrected chi connectivity index (χ0v) is 23.0.